The van der Waals surface area contributed by atoms with E-state index in [9.17, 15) is 0 Å². The van der Waals surface area contributed by atoms with Crippen molar-refractivity contribution >= 4 is 5.71 Å². The van der Waals surface area contributed by atoms with Gasteiger partial charge in [0, 0.05) is 17.3 Å². The van der Waals surface area contributed by atoms with Crippen LogP contribution in [0.1, 0.15) is 48.0 Å². The van der Waals surface area contributed by atoms with Crippen molar-refractivity contribution in [2.45, 2.75) is 53.6 Å². The van der Waals surface area contributed by atoms with Crippen LogP contribution in [-0.2, 0) is 4.74 Å². The van der Waals surface area contributed by atoms with Crippen molar-refractivity contribution in [3.8, 4) is 0 Å². The first-order valence-corrected chi connectivity index (χ1v) is 7.23. The zero-order valence-electron chi connectivity index (χ0n) is 13.2. The van der Waals surface area contributed by atoms with Gasteiger partial charge in [0.2, 0.25) is 0 Å². The number of nitrogens with zero attached hydrogens (tertiary/aromatic N) is 1. The molecule has 1 saturated heterocycles. The van der Waals surface area contributed by atoms with Crippen molar-refractivity contribution < 1.29 is 4.74 Å². The Hall–Kier alpha value is -0.890. The summed E-state index contributed by atoms with van der Waals surface area (Å²) in [5.41, 5.74) is 3.71. The monoisotopic (exact) mass is 261 g/mol. The molecule has 2 rings (SSSR count). The third-order valence-electron chi connectivity index (χ3n) is 5.00. The summed E-state index contributed by atoms with van der Waals surface area (Å²) in [5.74, 6) is 1.14. The lowest BCUT2D eigenvalue weighted by Gasteiger charge is -2.40. The number of aliphatic imine (C=N–C) groups is 1. The van der Waals surface area contributed by atoms with E-state index in [1.54, 1.807) is 0 Å². The zero-order valence-corrected chi connectivity index (χ0v) is 13.2. The van der Waals surface area contributed by atoms with Gasteiger partial charge in [0.1, 0.15) is 0 Å². The molecule has 19 heavy (non-hydrogen) atoms. The molecule has 106 valence electrons. The predicted octanol–water partition coefficient (Wildman–Crippen LogP) is 4.38. The molecule has 1 heterocycles. The van der Waals surface area contributed by atoms with Crippen molar-refractivity contribution in [3.63, 3.8) is 0 Å². The first-order chi connectivity index (χ1) is 8.72. The van der Waals surface area contributed by atoms with Crippen LogP contribution in [0.4, 0.5) is 0 Å². The molecule has 0 spiro atoms. The van der Waals surface area contributed by atoms with E-state index in [1.807, 2.05) is 6.92 Å². The van der Waals surface area contributed by atoms with Crippen LogP contribution in [0.25, 0.3) is 0 Å². The lowest BCUT2D eigenvalue weighted by Crippen LogP contribution is -2.41. The normalized spacial score (nSPS) is 37.8. The minimum Gasteiger partial charge on any atom is -0.375 e. The molecule has 2 heteroatoms. The van der Waals surface area contributed by atoms with Crippen LogP contribution in [0.5, 0.6) is 0 Å². The first kappa shape index (κ1) is 14.5. The largest absolute Gasteiger partial charge is 0.375 e. The van der Waals surface area contributed by atoms with E-state index in [4.69, 9.17) is 4.74 Å². The fraction of sp³-hybridized carbons (Fsp3) is 0.706. The molecule has 2 aliphatic rings. The fourth-order valence-electron chi connectivity index (χ4n) is 3.85. The Kier molecular flexibility index (Phi) is 3.51. The summed E-state index contributed by atoms with van der Waals surface area (Å²) in [4.78, 5) is 4.54. The molecule has 1 saturated carbocycles. The number of ether oxygens (including phenoxy) is 1. The Morgan fingerprint density at radius 1 is 1.32 bits per heavy atom. The number of hydrogen-bond acceptors (Lipinski definition) is 2. The maximum atomic E-state index is 6.12. The van der Waals surface area contributed by atoms with Gasteiger partial charge in [-0.05, 0) is 57.9 Å². The number of allylic oxidation sites excluding steroid dienone is 2. The molecule has 1 aliphatic carbocycles. The summed E-state index contributed by atoms with van der Waals surface area (Å²) in [6.07, 6.45) is 3.47. The second kappa shape index (κ2) is 4.59. The third kappa shape index (κ3) is 2.43. The smallest absolute Gasteiger partial charge is 0.0660 e. The van der Waals surface area contributed by atoms with Crippen molar-refractivity contribution in [3.05, 3.63) is 23.9 Å². The number of rotatable bonds is 3. The van der Waals surface area contributed by atoms with Crippen molar-refractivity contribution in [2.75, 3.05) is 6.61 Å². The molecule has 0 radical (unpaired) electrons. The predicted molar refractivity (Wildman–Crippen MR) is 81.4 cm³/mol. The van der Waals surface area contributed by atoms with E-state index in [0.717, 1.165) is 18.0 Å². The van der Waals surface area contributed by atoms with Gasteiger partial charge in [0.05, 0.1) is 12.2 Å². The highest BCUT2D eigenvalue weighted by Crippen LogP contribution is 2.67. The van der Waals surface area contributed by atoms with Gasteiger partial charge in [0.25, 0.3) is 0 Å². The van der Waals surface area contributed by atoms with E-state index < -0.39 is 0 Å². The van der Waals surface area contributed by atoms with E-state index in [0.29, 0.717) is 17.3 Å². The van der Waals surface area contributed by atoms with Crippen molar-refractivity contribution in [1.29, 1.82) is 0 Å². The maximum absolute atomic E-state index is 6.12. The molecule has 2 nitrogen and oxygen atoms in total. The van der Waals surface area contributed by atoms with Gasteiger partial charge in [-0.15, -0.1) is 0 Å². The first-order valence-electron chi connectivity index (χ1n) is 7.23. The molecule has 0 aromatic rings. The quantitative estimate of drug-likeness (QED) is 0.691. The highest BCUT2D eigenvalue weighted by molar-refractivity contribution is 5.99. The van der Waals surface area contributed by atoms with E-state index in [-0.39, 0.29) is 5.60 Å². The zero-order chi connectivity index (χ0) is 14.4. The van der Waals surface area contributed by atoms with Crippen LogP contribution in [0.15, 0.2) is 28.9 Å². The van der Waals surface area contributed by atoms with Gasteiger partial charge in [-0.25, -0.2) is 0 Å². The lowest BCUT2D eigenvalue weighted by atomic mass is 9.76. The summed E-state index contributed by atoms with van der Waals surface area (Å²) in [6, 6.07) is 0. The molecule has 3 atom stereocenters. The van der Waals surface area contributed by atoms with Gasteiger partial charge in [-0.1, -0.05) is 19.6 Å². The summed E-state index contributed by atoms with van der Waals surface area (Å²) >= 11 is 0. The number of fused-ring (bicyclic) bond motifs is 1. The van der Waals surface area contributed by atoms with E-state index >= 15 is 0 Å². The van der Waals surface area contributed by atoms with Gasteiger partial charge in [-0.2, -0.15) is 0 Å². The van der Waals surface area contributed by atoms with Gasteiger partial charge in [0.15, 0.2) is 0 Å². The van der Waals surface area contributed by atoms with Crippen molar-refractivity contribution in [1.82, 2.24) is 0 Å². The summed E-state index contributed by atoms with van der Waals surface area (Å²) in [6.45, 7) is 17.7. The highest BCUT2D eigenvalue weighted by Gasteiger charge is 2.65. The topological polar surface area (TPSA) is 21.6 Å². The SMILES string of the molecule is C=C(C)N=C(C)/C(=C\C)C1COC(C)(C)C2CC12C. The maximum Gasteiger partial charge on any atom is 0.0660 e. The second-order valence-corrected chi connectivity index (χ2v) is 6.91. The van der Waals surface area contributed by atoms with Gasteiger partial charge in [-0.3, -0.25) is 4.99 Å². The Morgan fingerprint density at radius 2 is 1.95 bits per heavy atom. The molecular weight excluding hydrogens is 234 g/mol. The van der Waals surface area contributed by atoms with Crippen LogP contribution in [0.2, 0.25) is 0 Å². The molecule has 0 aromatic heterocycles. The summed E-state index contributed by atoms with van der Waals surface area (Å²) in [5, 5.41) is 0. The molecule has 0 bridgehead atoms. The van der Waals surface area contributed by atoms with Crippen LogP contribution < -0.4 is 0 Å². The van der Waals surface area contributed by atoms with Crippen LogP contribution >= 0.6 is 0 Å². The molecular formula is C17H27NO. The lowest BCUT2D eigenvalue weighted by molar-refractivity contribution is -0.0949. The molecule has 2 fully saturated rings. The van der Waals surface area contributed by atoms with Gasteiger partial charge < -0.3 is 4.74 Å². The Balaban J connectivity index is 2.26. The average molecular weight is 261 g/mol. The highest BCUT2D eigenvalue weighted by atomic mass is 16.5. The van der Waals surface area contributed by atoms with Gasteiger partial charge >= 0.3 is 0 Å². The summed E-state index contributed by atoms with van der Waals surface area (Å²) < 4.78 is 6.12. The van der Waals surface area contributed by atoms with Crippen LogP contribution in [-0.4, -0.2) is 17.9 Å². The molecule has 1 aliphatic heterocycles. The van der Waals surface area contributed by atoms with Crippen LogP contribution in [0, 0.1) is 17.3 Å². The molecule has 0 N–H and O–H groups in total. The van der Waals surface area contributed by atoms with E-state index in [2.05, 4.69) is 52.3 Å². The fourth-order valence-corrected chi connectivity index (χ4v) is 3.85. The minimum atomic E-state index is 0.0313. The molecule has 0 amide bonds. The van der Waals surface area contributed by atoms with E-state index in [1.165, 1.54) is 12.0 Å². The molecule has 3 unspecified atom stereocenters. The molecule has 0 aromatic carbocycles. The Morgan fingerprint density at radius 3 is 2.47 bits per heavy atom. The Labute approximate surface area is 117 Å². The third-order valence-corrected chi connectivity index (χ3v) is 5.00. The van der Waals surface area contributed by atoms with Crippen LogP contribution in [0.3, 0.4) is 0 Å². The van der Waals surface area contributed by atoms with Crippen molar-refractivity contribution in [2.24, 2.45) is 22.2 Å². The minimum absolute atomic E-state index is 0.0313. The standard InChI is InChI=1S/C17H27NO/c1-8-13(12(4)18-11(2)3)14-10-19-16(5,6)15-9-17(14,15)7/h8,14-15H,2,9-10H2,1,3-7H3/b13-8+,18-12?. The second-order valence-electron chi connectivity index (χ2n) is 6.91. The summed E-state index contributed by atoms with van der Waals surface area (Å²) in [7, 11) is 0. The Bertz CT molecular complexity index is 458. The average Bonchev–Trinajstić information content (AvgIpc) is 2.97. The number of hydrogen-bond donors (Lipinski definition) is 0.